The Morgan fingerprint density at radius 2 is 1.81 bits per heavy atom. The van der Waals surface area contributed by atoms with Crippen LogP contribution >= 0.6 is 0 Å². The molecule has 0 aromatic rings. The van der Waals surface area contributed by atoms with Gasteiger partial charge in [0.1, 0.15) is 0 Å². The highest BCUT2D eigenvalue weighted by molar-refractivity contribution is 6.74. The highest BCUT2D eigenvalue weighted by Gasteiger charge is 2.40. The standard InChI is InChI=1S/C12H26O3Si/c1-8-10(9(2)11(13)14)15-16(6,7)12(3,4)5/h9-10H,8H2,1-7H3,(H,13,14)/t9-,10+/m0/s1. The van der Waals surface area contributed by atoms with Crippen LogP contribution in [0, 0.1) is 5.92 Å². The SMILES string of the molecule is CC[C@@H](O[Si](C)(C)C(C)(C)C)[C@H](C)C(=O)O. The van der Waals surface area contributed by atoms with Crippen LogP contribution < -0.4 is 0 Å². The summed E-state index contributed by atoms with van der Waals surface area (Å²) in [4.78, 5) is 11.0. The van der Waals surface area contributed by atoms with E-state index in [1.165, 1.54) is 0 Å². The van der Waals surface area contributed by atoms with Crippen LogP contribution in [-0.2, 0) is 9.22 Å². The van der Waals surface area contributed by atoms with Gasteiger partial charge in [-0.05, 0) is 31.5 Å². The summed E-state index contributed by atoms with van der Waals surface area (Å²) in [6.45, 7) is 14.5. The topological polar surface area (TPSA) is 46.5 Å². The Balaban J connectivity index is 4.73. The maximum absolute atomic E-state index is 11.0. The molecule has 0 unspecified atom stereocenters. The fourth-order valence-electron chi connectivity index (χ4n) is 1.25. The molecule has 96 valence electrons. The highest BCUT2D eigenvalue weighted by atomic mass is 28.4. The Morgan fingerprint density at radius 3 is 2.06 bits per heavy atom. The summed E-state index contributed by atoms with van der Waals surface area (Å²) in [5.74, 6) is -1.20. The van der Waals surface area contributed by atoms with E-state index in [9.17, 15) is 4.79 Å². The average molecular weight is 246 g/mol. The quantitative estimate of drug-likeness (QED) is 0.755. The molecule has 0 bridgehead atoms. The summed E-state index contributed by atoms with van der Waals surface area (Å²) in [5.41, 5.74) is 0. The molecule has 0 aromatic carbocycles. The van der Waals surface area contributed by atoms with Crippen molar-refractivity contribution >= 4 is 14.3 Å². The highest BCUT2D eigenvalue weighted by Crippen LogP contribution is 2.38. The molecule has 0 aliphatic rings. The smallest absolute Gasteiger partial charge is 0.308 e. The third-order valence-electron chi connectivity index (χ3n) is 3.60. The van der Waals surface area contributed by atoms with E-state index < -0.39 is 20.2 Å². The van der Waals surface area contributed by atoms with Crippen molar-refractivity contribution in [1.29, 1.82) is 0 Å². The van der Waals surface area contributed by atoms with Gasteiger partial charge in [0.2, 0.25) is 0 Å². The zero-order chi connectivity index (χ0) is 13.1. The molecule has 0 aliphatic heterocycles. The van der Waals surface area contributed by atoms with Crippen molar-refractivity contribution in [3.8, 4) is 0 Å². The monoisotopic (exact) mass is 246 g/mol. The Hall–Kier alpha value is -0.353. The van der Waals surface area contributed by atoms with E-state index in [1.807, 2.05) is 6.92 Å². The van der Waals surface area contributed by atoms with Gasteiger partial charge in [0.15, 0.2) is 8.32 Å². The first-order chi connectivity index (χ1) is 7.03. The predicted molar refractivity (Wildman–Crippen MR) is 69.2 cm³/mol. The molecule has 0 radical (unpaired) electrons. The molecule has 0 rings (SSSR count). The van der Waals surface area contributed by atoms with Crippen molar-refractivity contribution in [2.24, 2.45) is 5.92 Å². The molecule has 0 amide bonds. The minimum absolute atomic E-state index is 0.124. The van der Waals surface area contributed by atoms with Crippen molar-refractivity contribution in [2.75, 3.05) is 0 Å². The summed E-state index contributed by atoms with van der Waals surface area (Å²) in [5, 5.41) is 9.14. The van der Waals surface area contributed by atoms with Crippen molar-refractivity contribution in [3.63, 3.8) is 0 Å². The first-order valence-electron chi connectivity index (χ1n) is 5.93. The number of carboxylic acid groups (broad SMARTS) is 1. The molecule has 1 N–H and O–H groups in total. The largest absolute Gasteiger partial charge is 0.481 e. The number of aliphatic carboxylic acids is 1. The van der Waals surface area contributed by atoms with Crippen LogP contribution in [0.5, 0.6) is 0 Å². The first kappa shape index (κ1) is 15.6. The van der Waals surface area contributed by atoms with Crippen LogP contribution in [0.4, 0.5) is 0 Å². The molecule has 2 atom stereocenters. The third-order valence-corrected chi connectivity index (χ3v) is 8.11. The Labute approximate surface area is 100 Å². The lowest BCUT2D eigenvalue weighted by molar-refractivity contribution is -0.144. The van der Waals surface area contributed by atoms with E-state index in [2.05, 4.69) is 33.9 Å². The van der Waals surface area contributed by atoms with Crippen molar-refractivity contribution in [1.82, 2.24) is 0 Å². The summed E-state index contributed by atoms with van der Waals surface area (Å²) >= 11 is 0. The summed E-state index contributed by atoms with van der Waals surface area (Å²) in [6.07, 6.45) is 0.582. The van der Waals surface area contributed by atoms with Gasteiger partial charge in [-0.15, -0.1) is 0 Å². The van der Waals surface area contributed by atoms with Crippen LogP contribution in [-0.4, -0.2) is 25.5 Å². The van der Waals surface area contributed by atoms with Gasteiger partial charge in [-0.1, -0.05) is 27.7 Å². The third kappa shape index (κ3) is 3.90. The molecule has 4 heteroatoms. The fourth-order valence-corrected chi connectivity index (χ4v) is 2.73. The van der Waals surface area contributed by atoms with Crippen LogP contribution in [0.2, 0.25) is 18.1 Å². The molecule has 0 saturated carbocycles. The van der Waals surface area contributed by atoms with E-state index in [-0.39, 0.29) is 11.1 Å². The molecular weight excluding hydrogens is 220 g/mol. The van der Waals surface area contributed by atoms with Crippen LogP contribution in [0.15, 0.2) is 0 Å². The Morgan fingerprint density at radius 1 is 1.38 bits per heavy atom. The van der Waals surface area contributed by atoms with Crippen molar-refractivity contribution in [3.05, 3.63) is 0 Å². The van der Waals surface area contributed by atoms with Gasteiger partial charge in [0.05, 0.1) is 12.0 Å². The molecule has 3 nitrogen and oxygen atoms in total. The molecular formula is C12H26O3Si. The molecule has 0 saturated heterocycles. The molecule has 0 aliphatic carbocycles. The van der Waals surface area contributed by atoms with Gasteiger partial charge in [-0.2, -0.15) is 0 Å². The lowest BCUT2D eigenvalue weighted by atomic mass is 10.0. The Kier molecular flexibility index (Phi) is 5.20. The number of hydrogen-bond acceptors (Lipinski definition) is 2. The van der Waals surface area contributed by atoms with Gasteiger partial charge in [-0.25, -0.2) is 0 Å². The maximum atomic E-state index is 11.0. The van der Waals surface area contributed by atoms with E-state index in [0.29, 0.717) is 0 Å². The van der Waals surface area contributed by atoms with Gasteiger partial charge < -0.3 is 9.53 Å². The number of carbonyl (C=O) groups is 1. The van der Waals surface area contributed by atoms with Gasteiger partial charge in [0.25, 0.3) is 0 Å². The van der Waals surface area contributed by atoms with E-state index in [4.69, 9.17) is 9.53 Å². The predicted octanol–water partition coefficient (Wildman–Crippen LogP) is 3.51. The lowest BCUT2D eigenvalue weighted by Gasteiger charge is -2.40. The first-order valence-corrected chi connectivity index (χ1v) is 8.84. The van der Waals surface area contributed by atoms with Gasteiger partial charge in [-0.3, -0.25) is 4.79 Å². The molecule has 0 fully saturated rings. The van der Waals surface area contributed by atoms with E-state index >= 15 is 0 Å². The minimum atomic E-state index is -1.86. The van der Waals surface area contributed by atoms with E-state index in [0.717, 1.165) is 6.42 Å². The average Bonchev–Trinajstić information content (AvgIpc) is 2.11. The zero-order valence-electron chi connectivity index (χ0n) is 11.6. The number of rotatable bonds is 5. The normalized spacial score (nSPS) is 16.9. The van der Waals surface area contributed by atoms with Gasteiger partial charge >= 0.3 is 5.97 Å². The van der Waals surface area contributed by atoms with Crippen LogP contribution in [0.3, 0.4) is 0 Å². The number of hydrogen-bond donors (Lipinski definition) is 1. The summed E-state index contributed by atoms with van der Waals surface area (Å²) in [6, 6.07) is 0. The van der Waals surface area contributed by atoms with Crippen molar-refractivity contribution in [2.45, 2.75) is 65.3 Å². The zero-order valence-corrected chi connectivity index (χ0v) is 12.6. The molecule has 0 aromatic heterocycles. The molecule has 0 heterocycles. The molecule has 16 heavy (non-hydrogen) atoms. The second-order valence-corrected chi connectivity index (χ2v) is 10.7. The number of carboxylic acids is 1. The van der Waals surface area contributed by atoms with Crippen LogP contribution in [0.25, 0.3) is 0 Å². The minimum Gasteiger partial charge on any atom is -0.481 e. The lowest BCUT2D eigenvalue weighted by Crippen LogP contribution is -2.46. The molecule has 0 spiro atoms. The Bertz CT molecular complexity index is 243. The van der Waals surface area contributed by atoms with Crippen LogP contribution in [0.1, 0.15) is 41.0 Å². The second-order valence-electron chi connectivity index (χ2n) is 5.95. The fraction of sp³-hybridized carbons (Fsp3) is 0.917. The van der Waals surface area contributed by atoms with Gasteiger partial charge in [0, 0.05) is 0 Å². The summed E-state index contributed by atoms with van der Waals surface area (Å²) < 4.78 is 6.13. The van der Waals surface area contributed by atoms with Crippen molar-refractivity contribution < 1.29 is 14.3 Å². The maximum Gasteiger partial charge on any atom is 0.308 e. The van der Waals surface area contributed by atoms with E-state index in [1.54, 1.807) is 6.92 Å². The summed E-state index contributed by atoms with van der Waals surface area (Å²) in [7, 11) is -1.86. The second kappa shape index (κ2) is 5.32.